The van der Waals surface area contributed by atoms with Crippen molar-refractivity contribution in [2.45, 2.75) is 142 Å². The Morgan fingerprint density at radius 3 is 1.75 bits per heavy atom. The molecule has 1 aliphatic rings. The minimum atomic E-state index is -0.0529. The van der Waals surface area contributed by atoms with Crippen molar-refractivity contribution < 1.29 is 9.53 Å². The molecule has 0 heterocycles. The van der Waals surface area contributed by atoms with Crippen LogP contribution in [0.1, 0.15) is 142 Å². The maximum atomic E-state index is 12.0. The molecular formula is C26H48O2. The fourth-order valence-corrected chi connectivity index (χ4v) is 4.11. The van der Waals surface area contributed by atoms with Crippen LogP contribution in [0, 0.1) is 0 Å². The molecule has 0 aromatic carbocycles. The van der Waals surface area contributed by atoms with E-state index in [-0.39, 0.29) is 5.97 Å². The molecule has 0 saturated carbocycles. The van der Waals surface area contributed by atoms with E-state index in [0.29, 0.717) is 6.61 Å². The van der Waals surface area contributed by atoms with E-state index in [0.717, 1.165) is 31.3 Å². The Balaban J connectivity index is 1.76. The molecule has 0 aliphatic heterocycles. The zero-order chi connectivity index (χ0) is 20.1. The summed E-state index contributed by atoms with van der Waals surface area (Å²) in [6.07, 6.45) is 29.6. The van der Waals surface area contributed by atoms with Crippen LogP contribution < -0.4 is 0 Å². The van der Waals surface area contributed by atoms with Crippen molar-refractivity contribution in [3.63, 3.8) is 0 Å². The number of unbranched alkanes of at least 4 members (excludes halogenated alkanes) is 15. The summed E-state index contributed by atoms with van der Waals surface area (Å²) >= 11 is 0. The van der Waals surface area contributed by atoms with E-state index in [1.165, 1.54) is 109 Å². The summed E-state index contributed by atoms with van der Waals surface area (Å²) in [5.41, 5.74) is 0.925. The molecule has 28 heavy (non-hydrogen) atoms. The Kier molecular flexibility index (Phi) is 17.6. The monoisotopic (exact) mass is 392 g/mol. The third-order valence-corrected chi connectivity index (χ3v) is 6.03. The molecule has 2 heteroatoms. The van der Waals surface area contributed by atoms with Crippen LogP contribution in [0.5, 0.6) is 0 Å². The highest BCUT2D eigenvalue weighted by Crippen LogP contribution is 2.18. The van der Waals surface area contributed by atoms with E-state index in [1.54, 1.807) is 0 Å². The second-order valence-corrected chi connectivity index (χ2v) is 8.77. The normalized spacial score (nSPS) is 14.5. The number of rotatable bonds is 18. The molecule has 0 fully saturated rings. The largest absolute Gasteiger partial charge is 0.462 e. The quantitative estimate of drug-likeness (QED) is 0.172. The van der Waals surface area contributed by atoms with E-state index in [4.69, 9.17) is 4.74 Å². The average Bonchev–Trinajstić information content (AvgIpc) is 3.00. The van der Waals surface area contributed by atoms with Crippen molar-refractivity contribution in [3.05, 3.63) is 11.6 Å². The third-order valence-electron chi connectivity index (χ3n) is 6.03. The maximum Gasteiger partial charge on any atom is 0.333 e. The van der Waals surface area contributed by atoms with Crippen molar-refractivity contribution in [3.8, 4) is 0 Å². The van der Waals surface area contributed by atoms with Gasteiger partial charge in [0, 0.05) is 5.57 Å². The van der Waals surface area contributed by atoms with Crippen LogP contribution in [-0.4, -0.2) is 12.6 Å². The van der Waals surface area contributed by atoms with Crippen molar-refractivity contribution in [2.75, 3.05) is 6.61 Å². The fourth-order valence-electron chi connectivity index (χ4n) is 4.11. The molecule has 1 rings (SSSR count). The number of hydrogen-bond acceptors (Lipinski definition) is 2. The molecule has 0 N–H and O–H groups in total. The molecule has 0 bridgehead atoms. The van der Waals surface area contributed by atoms with Gasteiger partial charge in [-0.2, -0.15) is 0 Å². The van der Waals surface area contributed by atoms with Crippen LogP contribution in [0.2, 0.25) is 0 Å². The van der Waals surface area contributed by atoms with Gasteiger partial charge >= 0.3 is 5.97 Å². The highest BCUT2D eigenvalue weighted by atomic mass is 16.5. The standard InChI is InChI=1S/C26H48O2/c1-2-3-4-5-6-7-8-9-10-11-12-13-14-15-18-21-24-28-26(27)25-22-19-16-17-20-23-25/h22H,2-21,23-24H2,1H3. The van der Waals surface area contributed by atoms with Crippen LogP contribution in [0.4, 0.5) is 0 Å². The van der Waals surface area contributed by atoms with E-state index in [2.05, 4.69) is 13.0 Å². The van der Waals surface area contributed by atoms with Crippen LogP contribution in [0.3, 0.4) is 0 Å². The van der Waals surface area contributed by atoms with Crippen molar-refractivity contribution in [1.29, 1.82) is 0 Å². The van der Waals surface area contributed by atoms with E-state index in [9.17, 15) is 4.79 Å². The predicted molar refractivity (Wildman–Crippen MR) is 122 cm³/mol. The fraction of sp³-hybridized carbons (Fsp3) is 0.885. The number of carbonyl (C=O) groups is 1. The average molecular weight is 393 g/mol. The number of ether oxygens (including phenoxy) is 1. The summed E-state index contributed by atoms with van der Waals surface area (Å²) in [4.78, 5) is 12.0. The molecule has 0 amide bonds. The lowest BCUT2D eigenvalue weighted by atomic mass is 10.0. The molecule has 0 unspecified atom stereocenters. The van der Waals surface area contributed by atoms with Gasteiger partial charge in [0.05, 0.1) is 6.61 Å². The summed E-state index contributed by atoms with van der Waals surface area (Å²) < 4.78 is 5.45. The van der Waals surface area contributed by atoms with E-state index < -0.39 is 0 Å². The summed E-state index contributed by atoms with van der Waals surface area (Å²) in [6, 6.07) is 0. The van der Waals surface area contributed by atoms with Crippen molar-refractivity contribution >= 4 is 5.97 Å². The summed E-state index contributed by atoms with van der Waals surface area (Å²) in [7, 11) is 0. The van der Waals surface area contributed by atoms with Gasteiger partial charge in [-0.3, -0.25) is 0 Å². The lowest BCUT2D eigenvalue weighted by Gasteiger charge is -2.07. The minimum Gasteiger partial charge on any atom is -0.462 e. The number of carbonyl (C=O) groups excluding carboxylic acids is 1. The molecule has 0 radical (unpaired) electrons. The Bertz CT molecular complexity index is 386. The van der Waals surface area contributed by atoms with Crippen LogP contribution in [0.15, 0.2) is 11.6 Å². The van der Waals surface area contributed by atoms with Gasteiger partial charge < -0.3 is 4.74 Å². The van der Waals surface area contributed by atoms with Gasteiger partial charge in [0.25, 0.3) is 0 Å². The van der Waals surface area contributed by atoms with Gasteiger partial charge in [0.2, 0.25) is 0 Å². The van der Waals surface area contributed by atoms with Gasteiger partial charge in [-0.1, -0.05) is 116 Å². The zero-order valence-electron chi connectivity index (χ0n) is 19.0. The SMILES string of the molecule is CCCCCCCCCCCCCCCCCCOC(=O)C1=CCCCCC1. The first-order valence-corrected chi connectivity index (χ1v) is 12.7. The Hall–Kier alpha value is -0.790. The molecule has 164 valence electrons. The molecule has 0 aromatic heterocycles. The van der Waals surface area contributed by atoms with E-state index >= 15 is 0 Å². The minimum absolute atomic E-state index is 0.0529. The van der Waals surface area contributed by atoms with Crippen molar-refractivity contribution in [2.24, 2.45) is 0 Å². The molecular weight excluding hydrogens is 344 g/mol. The highest BCUT2D eigenvalue weighted by Gasteiger charge is 2.12. The topological polar surface area (TPSA) is 26.3 Å². The Morgan fingerprint density at radius 1 is 0.714 bits per heavy atom. The van der Waals surface area contributed by atoms with Gasteiger partial charge in [-0.05, 0) is 32.1 Å². The molecule has 0 atom stereocenters. The first-order valence-electron chi connectivity index (χ1n) is 12.7. The van der Waals surface area contributed by atoms with Gasteiger partial charge in [-0.25, -0.2) is 4.79 Å². The van der Waals surface area contributed by atoms with Crippen LogP contribution in [-0.2, 0) is 9.53 Å². The van der Waals surface area contributed by atoms with Gasteiger partial charge in [0.1, 0.15) is 0 Å². The van der Waals surface area contributed by atoms with Gasteiger partial charge in [0.15, 0.2) is 0 Å². The Morgan fingerprint density at radius 2 is 1.21 bits per heavy atom. The lowest BCUT2D eigenvalue weighted by Crippen LogP contribution is -2.09. The zero-order valence-corrected chi connectivity index (χ0v) is 19.0. The molecule has 0 aromatic rings. The number of hydrogen-bond donors (Lipinski definition) is 0. The number of esters is 1. The first kappa shape index (κ1) is 25.2. The lowest BCUT2D eigenvalue weighted by molar-refractivity contribution is -0.139. The molecule has 0 saturated heterocycles. The number of allylic oxidation sites excluding steroid dienone is 1. The summed E-state index contributed by atoms with van der Waals surface area (Å²) in [5.74, 6) is -0.0529. The van der Waals surface area contributed by atoms with Crippen LogP contribution in [0.25, 0.3) is 0 Å². The summed E-state index contributed by atoms with van der Waals surface area (Å²) in [6.45, 7) is 2.89. The molecule has 0 spiro atoms. The molecule has 1 aliphatic carbocycles. The van der Waals surface area contributed by atoms with Crippen LogP contribution >= 0.6 is 0 Å². The maximum absolute atomic E-state index is 12.0. The Labute approximate surface area is 175 Å². The second-order valence-electron chi connectivity index (χ2n) is 8.77. The predicted octanol–water partition coefficient (Wildman–Crippen LogP) is 8.68. The third kappa shape index (κ3) is 15.2. The van der Waals surface area contributed by atoms with E-state index in [1.807, 2.05) is 0 Å². The highest BCUT2D eigenvalue weighted by molar-refractivity contribution is 5.88. The van der Waals surface area contributed by atoms with Crippen molar-refractivity contribution in [1.82, 2.24) is 0 Å². The first-order chi connectivity index (χ1) is 13.8. The smallest absolute Gasteiger partial charge is 0.333 e. The molecule has 2 nitrogen and oxygen atoms in total. The second kappa shape index (κ2) is 19.5. The van der Waals surface area contributed by atoms with Gasteiger partial charge in [-0.15, -0.1) is 0 Å². The summed E-state index contributed by atoms with van der Waals surface area (Å²) in [5, 5.41) is 0.